The summed E-state index contributed by atoms with van der Waals surface area (Å²) in [6, 6.07) is 3.57. The molecule has 0 saturated heterocycles. The van der Waals surface area contributed by atoms with Gasteiger partial charge in [-0.25, -0.2) is 22.6 Å². The van der Waals surface area contributed by atoms with E-state index in [4.69, 9.17) is 4.74 Å². The molecule has 3 rings (SSSR count). The number of hydrogen-bond acceptors (Lipinski definition) is 7. The number of fused-ring (bicyclic) bond motifs is 1. The smallest absolute Gasteiger partial charge is 0.332 e. The van der Waals surface area contributed by atoms with E-state index in [1.807, 2.05) is 0 Å². The van der Waals surface area contributed by atoms with Crippen LogP contribution in [0.5, 0.6) is 0 Å². The van der Waals surface area contributed by atoms with Gasteiger partial charge in [-0.2, -0.15) is 4.72 Å². The number of carbonyl (C=O) groups excluding carboxylic acids is 1. The van der Waals surface area contributed by atoms with Gasteiger partial charge in [0.05, 0.1) is 12.9 Å². The molecular formula is C20H24FN5O6S. The van der Waals surface area contributed by atoms with Gasteiger partial charge in [-0.1, -0.05) is 26.0 Å². The van der Waals surface area contributed by atoms with Crippen LogP contribution in [0.2, 0.25) is 0 Å². The number of rotatable bonds is 8. The SMILES string of the molecule is CC(C)[C@H](NS(=O)(=O)c1ccccc1F)C(=O)OCCn1cnc2c1c(=O)n(C)c(=O)n2C. The molecule has 2 heterocycles. The van der Waals surface area contributed by atoms with Crippen molar-refractivity contribution in [2.75, 3.05) is 6.61 Å². The average Bonchev–Trinajstić information content (AvgIpc) is 3.18. The fourth-order valence-corrected chi connectivity index (χ4v) is 4.66. The molecule has 11 nitrogen and oxygen atoms in total. The number of benzene rings is 1. The first-order chi connectivity index (χ1) is 15.5. The maximum Gasteiger partial charge on any atom is 0.332 e. The minimum Gasteiger partial charge on any atom is -0.463 e. The van der Waals surface area contributed by atoms with Crippen molar-refractivity contribution in [1.82, 2.24) is 23.4 Å². The second-order valence-electron chi connectivity index (χ2n) is 7.76. The lowest BCUT2D eigenvalue weighted by molar-refractivity contribution is -0.147. The highest BCUT2D eigenvalue weighted by molar-refractivity contribution is 7.89. The van der Waals surface area contributed by atoms with Gasteiger partial charge in [0.2, 0.25) is 10.0 Å². The standard InChI is InChI=1S/C20H24FN5O6S/c1-12(2)15(23-33(30,31)14-8-6-5-7-13(14)21)19(28)32-10-9-26-11-22-17-16(26)18(27)25(4)20(29)24(17)3/h5-8,11-12,15,23H,9-10H2,1-4H3/t15-/m0/s1. The van der Waals surface area contributed by atoms with Crippen molar-refractivity contribution in [2.24, 2.45) is 20.0 Å². The van der Waals surface area contributed by atoms with E-state index in [1.165, 1.54) is 41.7 Å². The quantitative estimate of drug-likeness (QED) is 0.452. The molecule has 0 unspecified atom stereocenters. The summed E-state index contributed by atoms with van der Waals surface area (Å²) in [4.78, 5) is 40.6. The summed E-state index contributed by atoms with van der Waals surface area (Å²) in [6.07, 6.45) is 1.35. The van der Waals surface area contributed by atoms with E-state index in [0.717, 1.165) is 16.7 Å². The molecule has 0 saturated carbocycles. The maximum atomic E-state index is 13.9. The molecular weight excluding hydrogens is 457 g/mol. The third kappa shape index (κ3) is 4.73. The van der Waals surface area contributed by atoms with Gasteiger partial charge < -0.3 is 9.30 Å². The van der Waals surface area contributed by atoms with Crippen molar-refractivity contribution < 1.29 is 22.3 Å². The number of aryl methyl sites for hydroxylation is 1. The van der Waals surface area contributed by atoms with E-state index in [1.54, 1.807) is 13.8 Å². The zero-order valence-electron chi connectivity index (χ0n) is 18.5. The van der Waals surface area contributed by atoms with Gasteiger partial charge in [-0.15, -0.1) is 0 Å². The lowest BCUT2D eigenvalue weighted by Crippen LogP contribution is -2.45. The first-order valence-corrected chi connectivity index (χ1v) is 11.5. The number of nitrogens with zero attached hydrogens (tertiary/aromatic N) is 4. The Labute approximate surface area is 188 Å². The third-order valence-electron chi connectivity index (χ3n) is 5.12. The molecule has 0 aliphatic carbocycles. The third-order valence-corrected chi connectivity index (χ3v) is 6.60. The van der Waals surface area contributed by atoms with Gasteiger partial charge in [-0.05, 0) is 18.1 Å². The molecule has 3 aromatic rings. The van der Waals surface area contributed by atoms with Crippen molar-refractivity contribution in [3.8, 4) is 0 Å². The molecule has 1 aromatic carbocycles. The van der Waals surface area contributed by atoms with E-state index in [-0.39, 0.29) is 24.3 Å². The van der Waals surface area contributed by atoms with Gasteiger partial charge in [0, 0.05) is 14.1 Å². The minimum absolute atomic E-state index is 0.0422. The summed E-state index contributed by atoms with van der Waals surface area (Å²) in [6.45, 7) is 3.08. The molecule has 33 heavy (non-hydrogen) atoms. The molecule has 1 N–H and O–H groups in total. The number of ether oxygens (including phenoxy) is 1. The average molecular weight is 482 g/mol. The number of nitrogens with one attached hydrogen (secondary N) is 1. The molecule has 0 aliphatic rings. The van der Waals surface area contributed by atoms with Gasteiger partial charge in [0.25, 0.3) is 5.56 Å². The normalized spacial score (nSPS) is 12.9. The lowest BCUT2D eigenvalue weighted by atomic mass is 10.1. The first kappa shape index (κ1) is 24.3. The van der Waals surface area contributed by atoms with Crippen LogP contribution < -0.4 is 16.0 Å². The topological polar surface area (TPSA) is 134 Å². The van der Waals surface area contributed by atoms with Crippen LogP contribution in [-0.2, 0) is 40.2 Å². The Bertz CT molecular complexity index is 1420. The Morgan fingerprint density at radius 3 is 2.48 bits per heavy atom. The molecule has 0 bridgehead atoms. The van der Waals surface area contributed by atoms with Crippen LogP contribution >= 0.6 is 0 Å². The van der Waals surface area contributed by atoms with Gasteiger partial charge >= 0.3 is 11.7 Å². The second-order valence-corrected chi connectivity index (χ2v) is 9.44. The zero-order chi connectivity index (χ0) is 24.5. The Morgan fingerprint density at radius 2 is 1.85 bits per heavy atom. The summed E-state index contributed by atoms with van der Waals surface area (Å²) in [5.41, 5.74) is -0.718. The predicted octanol–water partition coefficient (Wildman–Crippen LogP) is 0.119. The number of imidazole rings is 1. The molecule has 2 aromatic heterocycles. The maximum absolute atomic E-state index is 13.9. The number of halogens is 1. The van der Waals surface area contributed by atoms with Crippen molar-refractivity contribution in [3.63, 3.8) is 0 Å². The lowest BCUT2D eigenvalue weighted by Gasteiger charge is -2.21. The highest BCUT2D eigenvalue weighted by atomic mass is 32.2. The fourth-order valence-electron chi connectivity index (χ4n) is 3.25. The predicted molar refractivity (Wildman–Crippen MR) is 117 cm³/mol. The van der Waals surface area contributed by atoms with Crippen LogP contribution in [0, 0.1) is 11.7 Å². The van der Waals surface area contributed by atoms with E-state index in [2.05, 4.69) is 9.71 Å². The van der Waals surface area contributed by atoms with Crippen molar-refractivity contribution in [2.45, 2.75) is 31.3 Å². The largest absolute Gasteiger partial charge is 0.463 e. The van der Waals surface area contributed by atoms with Crippen LogP contribution in [0.1, 0.15) is 13.8 Å². The highest BCUT2D eigenvalue weighted by Gasteiger charge is 2.31. The van der Waals surface area contributed by atoms with Gasteiger partial charge in [0.1, 0.15) is 23.4 Å². The summed E-state index contributed by atoms with van der Waals surface area (Å²) < 4.78 is 50.1. The minimum atomic E-state index is -4.31. The van der Waals surface area contributed by atoms with E-state index >= 15 is 0 Å². The molecule has 0 aliphatic heterocycles. The molecule has 0 amide bonds. The van der Waals surface area contributed by atoms with Gasteiger partial charge in [0.15, 0.2) is 11.2 Å². The molecule has 0 fully saturated rings. The van der Waals surface area contributed by atoms with Crippen molar-refractivity contribution in [1.29, 1.82) is 0 Å². The number of esters is 1. The molecule has 1 atom stereocenters. The van der Waals surface area contributed by atoms with Crippen molar-refractivity contribution in [3.05, 3.63) is 57.2 Å². The Balaban J connectivity index is 1.75. The summed E-state index contributed by atoms with van der Waals surface area (Å²) in [7, 11) is -1.49. The fraction of sp³-hybridized carbons (Fsp3) is 0.400. The number of sulfonamides is 1. The molecule has 0 radical (unpaired) electrons. The van der Waals surface area contributed by atoms with Crippen LogP contribution in [0.15, 0.2) is 45.1 Å². The van der Waals surface area contributed by atoms with Crippen molar-refractivity contribution >= 4 is 27.2 Å². The number of carbonyl (C=O) groups is 1. The van der Waals surface area contributed by atoms with E-state index in [0.29, 0.717) is 0 Å². The Morgan fingerprint density at radius 1 is 1.18 bits per heavy atom. The molecule has 13 heteroatoms. The molecule has 178 valence electrons. The summed E-state index contributed by atoms with van der Waals surface area (Å²) >= 11 is 0. The molecule has 0 spiro atoms. The number of hydrogen-bond donors (Lipinski definition) is 1. The number of aromatic nitrogens is 4. The second kappa shape index (κ2) is 9.27. The summed E-state index contributed by atoms with van der Waals surface area (Å²) in [5.74, 6) is -2.28. The van der Waals surface area contributed by atoms with Crippen LogP contribution in [0.4, 0.5) is 4.39 Å². The van der Waals surface area contributed by atoms with E-state index in [9.17, 15) is 27.2 Å². The zero-order valence-corrected chi connectivity index (χ0v) is 19.3. The van der Waals surface area contributed by atoms with Gasteiger partial charge in [-0.3, -0.25) is 18.7 Å². The highest BCUT2D eigenvalue weighted by Crippen LogP contribution is 2.16. The Kier molecular flexibility index (Phi) is 6.84. The summed E-state index contributed by atoms with van der Waals surface area (Å²) in [5, 5.41) is 0. The monoisotopic (exact) mass is 481 g/mol. The Hall–Kier alpha value is -3.32. The van der Waals surface area contributed by atoms with Crippen LogP contribution in [0.25, 0.3) is 11.2 Å². The first-order valence-electron chi connectivity index (χ1n) is 10.00. The van der Waals surface area contributed by atoms with E-state index < -0.39 is 49.9 Å². The van der Waals surface area contributed by atoms with Crippen LogP contribution in [-0.4, -0.2) is 45.7 Å². The van der Waals surface area contributed by atoms with Crippen LogP contribution in [0.3, 0.4) is 0 Å².